The first-order valence-electron chi connectivity index (χ1n) is 9.28. The van der Waals surface area contributed by atoms with Crippen molar-refractivity contribution in [2.45, 2.75) is 18.9 Å². The Balaban J connectivity index is 0.000000257. The van der Waals surface area contributed by atoms with Gasteiger partial charge in [0, 0.05) is 28.0 Å². The first kappa shape index (κ1) is 25.5. The molecule has 3 rings (SSSR count). The second kappa shape index (κ2) is 11.2. The normalized spacial score (nSPS) is 11.3. The molecule has 1 N–H and O–H groups in total. The number of hydrogen-bond acceptors (Lipinski definition) is 7. The highest BCUT2D eigenvalue weighted by molar-refractivity contribution is 6.30. The Morgan fingerprint density at radius 3 is 1.55 bits per heavy atom. The van der Waals surface area contributed by atoms with E-state index in [0.29, 0.717) is 10.0 Å². The Kier molecular flexibility index (Phi) is 8.66. The van der Waals surface area contributed by atoms with Crippen LogP contribution in [0.4, 0.5) is 11.4 Å². The van der Waals surface area contributed by atoms with Gasteiger partial charge in [-0.05, 0) is 41.5 Å². The van der Waals surface area contributed by atoms with Crippen molar-refractivity contribution in [3.63, 3.8) is 0 Å². The zero-order chi connectivity index (χ0) is 24.7. The standard InChI is InChI=1S/C15H13Cl2NO2.C6H4N2O5/c1-10(18(19)20)15(11-2-6-13(16)7-3-11)12-4-8-14(17)9-5-12;9-5-3-1-2-4(7(10)11)6(5)8(12)13/h2-10,15H,1H3;1-3,9H. The average Bonchev–Trinajstić information content (AvgIpc) is 2.76. The van der Waals surface area contributed by atoms with E-state index in [-0.39, 0.29) is 10.8 Å². The summed E-state index contributed by atoms with van der Waals surface area (Å²) in [6.45, 7) is 1.61. The molecule has 0 heterocycles. The second-order valence-corrected chi connectivity index (χ2v) is 7.64. The van der Waals surface area contributed by atoms with E-state index in [4.69, 9.17) is 28.3 Å². The second-order valence-electron chi connectivity index (χ2n) is 6.77. The molecule has 3 aromatic carbocycles. The summed E-state index contributed by atoms with van der Waals surface area (Å²) in [5.74, 6) is -1.04. The number of hydrogen-bond donors (Lipinski definition) is 1. The lowest BCUT2D eigenvalue weighted by atomic mass is 9.86. The van der Waals surface area contributed by atoms with Crippen LogP contribution in [0, 0.1) is 30.3 Å². The number of phenols is 1. The van der Waals surface area contributed by atoms with Crippen LogP contribution in [0.15, 0.2) is 66.7 Å². The number of benzene rings is 3. The molecule has 1 atom stereocenters. The van der Waals surface area contributed by atoms with Gasteiger partial charge >= 0.3 is 11.4 Å². The minimum Gasteiger partial charge on any atom is -0.502 e. The summed E-state index contributed by atoms with van der Waals surface area (Å²) in [4.78, 5) is 29.5. The minimum absolute atomic E-state index is 0.270. The molecule has 0 saturated heterocycles. The van der Waals surface area contributed by atoms with Crippen molar-refractivity contribution in [3.8, 4) is 5.75 Å². The maximum atomic E-state index is 11.2. The summed E-state index contributed by atoms with van der Waals surface area (Å²) in [6.07, 6.45) is 0. The van der Waals surface area contributed by atoms with Crippen molar-refractivity contribution >= 4 is 34.6 Å². The highest BCUT2D eigenvalue weighted by Gasteiger charge is 2.30. The van der Waals surface area contributed by atoms with E-state index in [2.05, 4.69) is 0 Å². The van der Waals surface area contributed by atoms with E-state index in [0.717, 1.165) is 23.3 Å². The fourth-order valence-corrected chi connectivity index (χ4v) is 3.32. The molecule has 33 heavy (non-hydrogen) atoms. The number of halogens is 2. The molecule has 0 bridgehead atoms. The average molecular weight is 494 g/mol. The van der Waals surface area contributed by atoms with Crippen molar-refractivity contribution in [2.75, 3.05) is 0 Å². The SMILES string of the molecule is CC(C(c1ccc(Cl)cc1)c1ccc(Cl)cc1)[N+](=O)[O-].O=[N+]([O-])c1cccc(O)c1[N+](=O)[O-]. The van der Waals surface area contributed by atoms with Crippen LogP contribution in [0.5, 0.6) is 5.75 Å². The van der Waals surface area contributed by atoms with Crippen molar-refractivity contribution in [3.05, 3.63) is 118 Å². The summed E-state index contributed by atoms with van der Waals surface area (Å²) in [6, 6.07) is 16.7. The largest absolute Gasteiger partial charge is 0.502 e. The van der Waals surface area contributed by atoms with Crippen LogP contribution in [0.25, 0.3) is 0 Å². The number of nitro groups is 3. The summed E-state index contributed by atoms with van der Waals surface area (Å²) < 4.78 is 0. The molecule has 12 heteroatoms. The predicted molar refractivity (Wildman–Crippen MR) is 123 cm³/mol. The molecule has 3 aromatic rings. The lowest BCUT2D eigenvalue weighted by Gasteiger charge is -2.19. The molecule has 1 unspecified atom stereocenters. The molecule has 0 saturated carbocycles. The topological polar surface area (TPSA) is 150 Å². The lowest BCUT2D eigenvalue weighted by molar-refractivity contribution is -0.520. The molecular formula is C21H17Cl2N3O7. The van der Waals surface area contributed by atoms with Crippen molar-refractivity contribution in [1.29, 1.82) is 0 Å². The number of aromatic hydroxyl groups is 1. The summed E-state index contributed by atoms with van der Waals surface area (Å²) in [7, 11) is 0. The fraction of sp³-hybridized carbons (Fsp3) is 0.143. The van der Waals surface area contributed by atoms with Crippen LogP contribution in [0.2, 0.25) is 10.0 Å². The molecule has 0 aliphatic rings. The Morgan fingerprint density at radius 1 is 0.758 bits per heavy atom. The van der Waals surface area contributed by atoms with Crippen LogP contribution in [-0.4, -0.2) is 25.9 Å². The van der Waals surface area contributed by atoms with Crippen molar-refractivity contribution < 1.29 is 19.9 Å². The van der Waals surface area contributed by atoms with Gasteiger partial charge in [0.2, 0.25) is 11.8 Å². The number of nitro benzene ring substituents is 2. The van der Waals surface area contributed by atoms with Crippen LogP contribution in [0.3, 0.4) is 0 Å². The minimum atomic E-state index is -0.993. The Morgan fingerprint density at radius 2 is 1.21 bits per heavy atom. The van der Waals surface area contributed by atoms with Gasteiger partial charge in [-0.1, -0.05) is 53.5 Å². The maximum Gasteiger partial charge on any atom is 0.387 e. The molecule has 10 nitrogen and oxygen atoms in total. The van der Waals surface area contributed by atoms with E-state index in [1.807, 2.05) is 24.3 Å². The van der Waals surface area contributed by atoms with Gasteiger partial charge < -0.3 is 5.11 Å². The van der Waals surface area contributed by atoms with Crippen molar-refractivity contribution in [1.82, 2.24) is 0 Å². The predicted octanol–water partition coefficient (Wildman–Crippen LogP) is 6.00. The number of nitrogens with zero attached hydrogens (tertiary/aromatic N) is 3. The molecule has 0 radical (unpaired) electrons. The quantitative estimate of drug-likeness (QED) is 0.326. The first-order chi connectivity index (χ1) is 15.5. The summed E-state index contributed by atoms with van der Waals surface area (Å²) in [5.41, 5.74) is 0.124. The van der Waals surface area contributed by atoms with Gasteiger partial charge in [0.15, 0.2) is 0 Å². The number of phenolic OH excluding ortho intramolecular Hbond substituents is 1. The van der Waals surface area contributed by atoms with Gasteiger partial charge in [-0.2, -0.15) is 0 Å². The summed E-state index contributed by atoms with van der Waals surface area (Å²) in [5, 5.41) is 41.9. The molecular weight excluding hydrogens is 477 g/mol. The maximum absolute atomic E-state index is 11.2. The molecule has 0 aromatic heterocycles. The molecule has 172 valence electrons. The van der Waals surface area contributed by atoms with E-state index in [1.165, 1.54) is 6.07 Å². The third-order valence-corrected chi connectivity index (χ3v) is 5.15. The van der Waals surface area contributed by atoms with Crippen LogP contribution in [-0.2, 0) is 0 Å². The summed E-state index contributed by atoms with van der Waals surface area (Å²) >= 11 is 11.7. The molecule has 0 amide bonds. The first-order valence-corrected chi connectivity index (χ1v) is 10.0. The number of para-hydroxylation sites is 1. The van der Waals surface area contributed by atoms with Gasteiger partial charge in [0.1, 0.15) is 0 Å². The number of rotatable bonds is 6. The highest BCUT2D eigenvalue weighted by Crippen LogP contribution is 2.34. The Hall–Kier alpha value is -3.76. The van der Waals surface area contributed by atoms with E-state index in [1.54, 1.807) is 31.2 Å². The van der Waals surface area contributed by atoms with Crippen LogP contribution in [0.1, 0.15) is 24.0 Å². The molecule has 0 aliphatic heterocycles. The fourth-order valence-electron chi connectivity index (χ4n) is 3.07. The molecule has 0 fully saturated rings. The Bertz CT molecular complexity index is 1110. The molecule has 0 aliphatic carbocycles. The smallest absolute Gasteiger partial charge is 0.387 e. The van der Waals surface area contributed by atoms with Crippen molar-refractivity contribution in [2.24, 2.45) is 0 Å². The van der Waals surface area contributed by atoms with Crippen LogP contribution >= 0.6 is 23.2 Å². The van der Waals surface area contributed by atoms with Gasteiger partial charge in [-0.15, -0.1) is 0 Å². The van der Waals surface area contributed by atoms with E-state index in [9.17, 15) is 30.3 Å². The van der Waals surface area contributed by atoms with Gasteiger partial charge in [0.25, 0.3) is 0 Å². The third-order valence-electron chi connectivity index (χ3n) is 4.65. The Labute approximate surface area is 197 Å². The zero-order valence-corrected chi connectivity index (χ0v) is 18.5. The van der Waals surface area contributed by atoms with Crippen LogP contribution < -0.4 is 0 Å². The lowest BCUT2D eigenvalue weighted by Crippen LogP contribution is -2.25. The van der Waals surface area contributed by atoms with E-state index >= 15 is 0 Å². The van der Waals surface area contributed by atoms with Gasteiger partial charge in [-0.3, -0.25) is 30.3 Å². The van der Waals surface area contributed by atoms with Gasteiger partial charge in [0.05, 0.1) is 15.8 Å². The third kappa shape index (κ3) is 6.61. The van der Waals surface area contributed by atoms with Gasteiger partial charge in [-0.25, -0.2) is 0 Å². The highest BCUT2D eigenvalue weighted by atomic mass is 35.5. The monoisotopic (exact) mass is 493 g/mol. The molecule has 0 spiro atoms. The zero-order valence-electron chi connectivity index (χ0n) is 17.0. The van der Waals surface area contributed by atoms with E-state index < -0.39 is 33.0 Å².